The van der Waals surface area contributed by atoms with E-state index in [2.05, 4.69) is 32.9 Å². The first-order valence-electron chi connectivity index (χ1n) is 13.3. The van der Waals surface area contributed by atoms with Gasteiger partial charge in [0.15, 0.2) is 0 Å². The summed E-state index contributed by atoms with van der Waals surface area (Å²) in [7, 11) is -3.84. The Morgan fingerprint density at radius 3 is 2.15 bits per heavy atom. The maximum Gasteiger partial charge on any atom is 0.311 e. The number of hydrogen-bond acceptors (Lipinski definition) is 4. The first-order valence-corrected chi connectivity index (χ1v) is 14.9. The zero-order chi connectivity index (χ0) is 27.8. The summed E-state index contributed by atoms with van der Waals surface area (Å²) in [6.07, 6.45) is 0. The van der Waals surface area contributed by atoms with Gasteiger partial charge in [-0.1, -0.05) is 87.5 Å². The van der Waals surface area contributed by atoms with Crippen LogP contribution in [0.4, 0.5) is 0 Å². The number of phenolic OH excluding ortho intramolecular Hbond substituents is 2. The summed E-state index contributed by atoms with van der Waals surface area (Å²) in [5, 5.41) is 25.2. The summed E-state index contributed by atoms with van der Waals surface area (Å²) >= 11 is 0. The van der Waals surface area contributed by atoms with Gasteiger partial charge in [-0.2, -0.15) is 0 Å². The van der Waals surface area contributed by atoms with Crippen molar-refractivity contribution >= 4 is 39.8 Å². The standard InChI is InChI=1S/C34H28NO4P/c1-34(2,3)21-16-18-22(19-17-21)35-26-13-7-4-12-25(26)31-32(35)27(36)20-30(33(31)37)40(38)29-15-9-6-11-24(29)23-10-5-8-14-28(23)39-40/h4-20,36-37H,1-3H3. The Bertz CT molecular complexity index is 2020. The molecule has 5 aromatic carbocycles. The molecule has 198 valence electrons. The van der Waals surface area contributed by atoms with E-state index in [4.69, 9.17) is 4.52 Å². The minimum absolute atomic E-state index is 0.00425. The number of aromatic hydroxyl groups is 2. The highest BCUT2D eigenvalue weighted by molar-refractivity contribution is 7.75. The number of nitrogens with zero attached hydrogens (tertiary/aromatic N) is 1. The molecule has 7 rings (SSSR count). The van der Waals surface area contributed by atoms with Crippen LogP contribution in [0.15, 0.2) is 103 Å². The first kappa shape index (κ1) is 24.6. The summed E-state index contributed by atoms with van der Waals surface area (Å²) < 4.78 is 23.1. The van der Waals surface area contributed by atoms with Crippen LogP contribution >= 0.6 is 7.37 Å². The van der Waals surface area contributed by atoms with E-state index in [1.807, 2.05) is 77.4 Å². The molecule has 0 spiro atoms. The van der Waals surface area contributed by atoms with Crippen molar-refractivity contribution in [3.63, 3.8) is 0 Å². The fourth-order valence-electron chi connectivity index (χ4n) is 5.81. The second kappa shape index (κ2) is 8.51. The lowest BCUT2D eigenvalue weighted by molar-refractivity contribution is 0.467. The maximum absolute atomic E-state index is 14.9. The average Bonchev–Trinajstić information content (AvgIpc) is 3.31. The minimum Gasteiger partial charge on any atom is -0.506 e. The molecule has 1 aliphatic heterocycles. The third-order valence-corrected chi connectivity index (χ3v) is 10.3. The molecule has 2 heterocycles. The molecule has 0 radical (unpaired) electrons. The molecule has 1 atom stereocenters. The Kier molecular flexibility index (Phi) is 5.23. The van der Waals surface area contributed by atoms with Crippen LogP contribution < -0.4 is 15.1 Å². The van der Waals surface area contributed by atoms with Gasteiger partial charge >= 0.3 is 7.37 Å². The van der Waals surface area contributed by atoms with E-state index in [0.29, 0.717) is 22.0 Å². The van der Waals surface area contributed by atoms with Crippen LogP contribution in [-0.4, -0.2) is 14.8 Å². The van der Waals surface area contributed by atoms with Crippen LogP contribution in [0.5, 0.6) is 17.2 Å². The predicted octanol–water partition coefficient (Wildman–Crippen LogP) is 7.78. The van der Waals surface area contributed by atoms with Crippen LogP contribution in [0.25, 0.3) is 38.6 Å². The van der Waals surface area contributed by atoms with E-state index in [9.17, 15) is 14.8 Å². The molecule has 0 aliphatic carbocycles. The van der Waals surface area contributed by atoms with Crippen LogP contribution in [0, 0.1) is 0 Å². The highest BCUT2D eigenvalue weighted by atomic mass is 31.2. The highest BCUT2D eigenvalue weighted by Gasteiger charge is 2.41. The second-order valence-electron chi connectivity index (χ2n) is 11.3. The Morgan fingerprint density at radius 1 is 0.750 bits per heavy atom. The van der Waals surface area contributed by atoms with E-state index >= 15 is 0 Å². The number of phenols is 2. The maximum atomic E-state index is 14.9. The molecule has 6 heteroatoms. The average molecular weight is 546 g/mol. The lowest BCUT2D eigenvalue weighted by Crippen LogP contribution is -2.25. The predicted molar refractivity (Wildman–Crippen MR) is 162 cm³/mol. The molecule has 40 heavy (non-hydrogen) atoms. The van der Waals surface area contributed by atoms with Crippen LogP contribution in [-0.2, 0) is 9.98 Å². The highest BCUT2D eigenvalue weighted by Crippen LogP contribution is 2.57. The van der Waals surface area contributed by atoms with E-state index < -0.39 is 7.37 Å². The molecule has 0 bridgehead atoms. The molecule has 0 amide bonds. The summed E-state index contributed by atoms with van der Waals surface area (Å²) in [4.78, 5) is 0. The van der Waals surface area contributed by atoms with Crippen molar-refractivity contribution in [2.75, 3.05) is 0 Å². The SMILES string of the molecule is CC(C)(C)c1ccc(-n2c3ccccc3c3c(O)c(P4(=O)Oc5ccccc5-c5ccccc54)cc(O)c32)cc1. The van der Waals surface area contributed by atoms with Crippen molar-refractivity contribution in [1.29, 1.82) is 0 Å². The quantitative estimate of drug-likeness (QED) is 0.172. The van der Waals surface area contributed by atoms with E-state index in [1.54, 1.807) is 12.1 Å². The lowest BCUT2D eigenvalue weighted by atomic mass is 9.87. The van der Waals surface area contributed by atoms with E-state index in [-0.39, 0.29) is 22.2 Å². The molecule has 0 saturated heterocycles. The van der Waals surface area contributed by atoms with Crippen molar-refractivity contribution in [2.24, 2.45) is 0 Å². The number of benzene rings is 5. The Morgan fingerprint density at radius 2 is 1.40 bits per heavy atom. The molecule has 1 unspecified atom stereocenters. The molecule has 6 aromatic rings. The third kappa shape index (κ3) is 3.44. The molecule has 2 N–H and O–H groups in total. The van der Waals surface area contributed by atoms with Gasteiger partial charge in [0.05, 0.1) is 27.0 Å². The summed E-state index contributed by atoms with van der Waals surface area (Å²) in [5.41, 5.74) is 4.92. The Hall–Kier alpha value is -4.47. The molecule has 1 aliphatic rings. The van der Waals surface area contributed by atoms with Gasteiger partial charge < -0.3 is 19.3 Å². The lowest BCUT2D eigenvalue weighted by Gasteiger charge is -2.29. The van der Waals surface area contributed by atoms with Crippen molar-refractivity contribution in [3.8, 4) is 34.1 Å². The molecule has 0 saturated carbocycles. The van der Waals surface area contributed by atoms with Gasteiger partial charge in [0.1, 0.15) is 17.2 Å². The van der Waals surface area contributed by atoms with Gasteiger partial charge in [-0.3, -0.25) is 4.57 Å². The number of para-hydroxylation sites is 2. The van der Waals surface area contributed by atoms with Gasteiger partial charge in [-0.05, 0) is 46.9 Å². The molecule has 5 nitrogen and oxygen atoms in total. The number of fused-ring (bicyclic) bond motifs is 6. The largest absolute Gasteiger partial charge is 0.506 e. The topological polar surface area (TPSA) is 71.7 Å². The van der Waals surface area contributed by atoms with Crippen molar-refractivity contribution in [1.82, 2.24) is 4.57 Å². The van der Waals surface area contributed by atoms with Gasteiger partial charge in [0.2, 0.25) is 0 Å². The summed E-state index contributed by atoms with van der Waals surface area (Å²) in [6, 6.07) is 32.1. The zero-order valence-electron chi connectivity index (χ0n) is 22.4. The second-order valence-corrected chi connectivity index (χ2v) is 13.5. The van der Waals surface area contributed by atoms with Gasteiger partial charge in [-0.15, -0.1) is 0 Å². The Balaban J connectivity index is 1.52. The van der Waals surface area contributed by atoms with Crippen LogP contribution in [0.3, 0.4) is 0 Å². The number of aromatic nitrogens is 1. The van der Waals surface area contributed by atoms with Crippen LogP contribution in [0.2, 0.25) is 0 Å². The van der Waals surface area contributed by atoms with Gasteiger partial charge in [-0.25, -0.2) is 0 Å². The van der Waals surface area contributed by atoms with Crippen molar-refractivity contribution < 1.29 is 19.3 Å². The summed E-state index contributed by atoms with van der Waals surface area (Å²) in [6.45, 7) is 6.50. The van der Waals surface area contributed by atoms with E-state index in [1.165, 1.54) is 11.6 Å². The van der Waals surface area contributed by atoms with Gasteiger partial charge in [0.25, 0.3) is 0 Å². The molecule has 0 fully saturated rings. The normalized spacial score (nSPS) is 16.5. The Labute approximate surface area is 232 Å². The van der Waals surface area contributed by atoms with Gasteiger partial charge in [0, 0.05) is 22.7 Å². The molecular weight excluding hydrogens is 517 g/mol. The first-order chi connectivity index (χ1) is 19.2. The van der Waals surface area contributed by atoms with Crippen molar-refractivity contribution in [2.45, 2.75) is 26.2 Å². The van der Waals surface area contributed by atoms with E-state index in [0.717, 1.165) is 27.7 Å². The third-order valence-electron chi connectivity index (χ3n) is 7.80. The smallest absolute Gasteiger partial charge is 0.311 e. The summed E-state index contributed by atoms with van der Waals surface area (Å²) in [5.74, 6) is 0.227. The van der Waals surface area contributed by atoms with Crippen LogP contribution in [0.1, 0.15) is 26.3 Å². The molecule has 1 aromatic heterocycles. The fourth-order valence-corrected chi connectivity index (χ4v) is 8.18. The molecular formula is C34H28NO4P. The zero-order valence-corrected chi connectivity index (χ0v) is 23.3. The number of hydrogen-bond donors (Lipinski definition) is 2. The minimum atomic E-state index is -3.84. The monoisotopic (exact) mass is 545 g/mol. The number of rotatable bonds is 2. The van der Waals surface area contributed by atoms with Crippen molar-refractivity contribution in [3.05, 3.63) is 109 Å². The fraction of sp³-hybridized carbons (Fsp3) is 0.118.